The van der Waals surface area contributed by atoms with Crippen LogP contribution in [0.25, 0.3) is 10.8 Å². The van der Waals surface area contributed by atoms with Gasteiger partial charge in [0, 0.05) is 35.8 Å². The third-order valence-corrected chi connectivity index (χ3v) is 7.14. The first-order chi connectivity index (χ1) is 15.0. The molecule has 0 radical (unpaired) electrons. The van der Waals surface area contributed by atoms with E-state index in [-0.39, 0.29) is 13.0 Å². The van der Waals surface area contributed by atoms with Crippen molar-refractivity contribution in [3.05, 3.63) is 76.3 Å². The van der Waals surface area contributed by atoms with E-state index in [4.69, 9.17) is 21.1 Å². The largest absolute Gasteiger partial charge is 0.394 e. The molecule has 1 aliphatic rings. The second kappa shape index (κ2) is 9.49. The fourth-order valence-corrected chi connectivity index (χ4v) is 5.09. The zero-order valence-corrected chi connectivity index (χ0v) is 19.2. The van der Waals surface area contributed by atoms with Crippen molar-refractivity contribution in [2.75, 3.05) is 20.0 Å². The number of aliphatic hydroxyl groups excluding tert-OH is 2. The fourth-order valence-electron chi connectivity index (χ4n) is 4.39. The first-order valence-corrected chi connectivity index (χ1v) is 12.0. The number of aliphatic hydroxyl groups is 2. The van der Waals surface area contributed by atoms with Crippen LogP contribution in [0.1, 0.15) is 29.5 Å². The molecule has 4 rings (SSSR count). The lowest BCUT2D eigenvalue weighted by Crippen LogP contribution is -2.46. The highest BCUT2D eigenvalue weighted by Gasteiger charge is 2.44. The Morgan fingerprint density at radius 1 is 1.16 bits per heavy atom. The molecule has 0 unspecified atom stereocenters. The molecule has 6 heteroatoms. The van der Waals surface area contributed by atoms with Crippen LogP contribution in [0.4, 0.5) is 0 Å². The summed E-state index contributed by atoms with van der Waals surface area (Å²) in [6, 6.07) is 18.4. The van der Waals surface area contributed by atoms with Gasteiger partial charge in [-0.25, -0.2) is 0 Å². The number of benzene rings is 3. The van der Waals surface area contributed by atoms with Crippen LogP contribution in [0.15, 0.2) is 59.5 Å². The summed E-state index contributed by atoms with van der Waals surface area (Å²) in [6.07, 6.45) is 2.25. The van der Waals surface area contributed by atoms with Gasteiger partial charge >= 0.3 is 0 Å². The molecule has 3 atom stereocenters. The van der Waals surface area contributed by atoms with Gasteiger partial charge in [0.05, 0.1) is 23.8 Å². The van der Waals surface area contributed by atoms with Gasteiger partial charge in [0.1, 0.15) is 0 Å². The molecule has 2 N–H and O–H groups in total. The maximum atomic E-state index is 10.5. The maximum Gasteiger partial charge on any atom is 0.198 e. The zero-order valence-electron chi connectivity index (χ0n) is 17.7. The maximum absolute atomic E-state index is 10.5. The standard InChI is InChI=1S/C25H27ClO4S/c1-29-25(14-18(28)13-19(15-27)30-25)23-12-17(11-16-7-9-20(31-2)10-8-16)24(26)22-6-4-3-5-21(22)23/h3-10,12,18-19,27-28H,11,13-15H2,1-2H3/t18-,19-,25+/m0/s1. The predicted octanol–water partition coefficient (Wildman–Crippen LogP) is 5.14. The fraction of sp³-hybridized carbons (Fsp3) is 0.360. The molecular weight excluding hydrogens is 432 g/mol. The molecule has 164 valence electrons. The van der Waals surface area contributed by atoms with Crippen LogP contribution in [-0.4, -0.2) is 42.4 Å². The summed E-state index contributed by atoms with van der Waals surface area (Å²) >= 11 is 8.57. The van der Waals surface area contributed by atoms with Crippen molar-refractivity contribution in [2.45, 2.75) is 42.2 Å². The van der Waals surface area contributed by atoms with E-state index in [1.807, 2.05) is 30.3 Å². The van der Waals surface area contributed by atoms with Gasteiger partial charge in [-0.3, -0.25) is 0 Å². The van der Waals surface area contributed by atoms with Crippen molar-refractivity contribution < 1.29 is 19.7 Å². The Labute approximate surface area is 192 Å². The highest BCUT2D eigenvalue weighted by Crippen LogP contribution is 2.44. The van der Waals surface area contributed by atoms with Crippen molar-refractivity contribution in [3.8, 4) is 0 Å². The SMILES string of the molecule is CO[C@]1(c2cc(Cc3ccc(SC)cc3)c(Cl)c3ccccc23)C[C@@H](O)C[C@@H](CO)O1. The number of thioether (sulfide) groups is 1. The molecule has 4 nitrogen and oxygen atoms in total. The van der Waals surface area contributed by atoms with Crippen LogP contribution in [-0.2, 0) is 21.7 Å². The summed E-state index contributed by atoms with van der Waals surface area (Å²) in [7, 11) is 1.58. The van der Waals surface area contributed by atoms with Crippen molar-refractivity contribution in [3.63, 3.8) is 0 Å². The second-order valence-electron chi connectivity index (χ2n) is 7.94. The molecule has 31 heavy (non-hydrogen) atoms. The molecule has 3 aromatic carbocycles. The molecule has 0 bridgehead atoms. The van der Waals surface area contributed by atoms with Crippen molar-refractivity contribution in [1.29, 1.82) is 0 Å². The Morgan fingerprint density at radius 2 is 1.87 bits per heavy atom. The van der Waals surface area contributed by atoms with E-state index < -0.39 is 18.0 Å². The Kier molecular flexibility index (Phi) is 6.92. The van der Waals surface area contributed by atoms with Crippen molar-refractivity contribution in [1.82, 2.24) is 0 Å². The number of hydrogen-bond donors (Lipinski definition) is 2. The highest BCUT2D eigenvalue weighted by molar-refractivity contribution is 7.98. The number of rotatable bonds is 6. The van der Waals surface area contributed by atoms with Crippen LogP contribution >= 0.6 is 23.4 Å². The first kappa shape index (κ1) is 22.6. The normalized spacial score (nSPS) is 23.9. The third-order valence-electron chi connectivity index (χ3n) is 5.95. The molecule has 3 aromatic rings. The smallest absolute Gasteiger partial charge is 0.198 e. The van der Waals surface area contributed by atoms with Gasteiger partial charge in [-0.05, 0) is 47.4 Å². The van der Waals surface area contributed by atoms with Gasteiger partial charge in [0.25, 0.3) is 0 Å². The Hall–Kier alpha value is -1.60. The third kappa shape index (κ3) is 4.49. The molecule has 0 aromatic heterocycles. The summed E-state index contributed by atoms with van der Waals surface area (Å²) < 4.78 is 12.1. The number of halogens is 1. The molecule has 1 aliphatic heterocycles. The Balaban J connectivity index is 1.85. The molecule has 0 aliphatic carbocycles. The molecule has 1 saturated heterocycles. The summed E-state index contributed by atoms with van der Waals surface area (Å²) in [4.78, 5) is 1.21. The van der Waals surface area contributed by atoms with E-state index in [0.29, 0.717) is 17.9 Å². The van der Waals surface area contributed by atoms with Gasteiger partial charge in [0.15, 0.2) is 5.79 Å². The predicted molar refractivity (Wildman–Crippen MR) is 126 cm³/mol. The molecule has 0 spiro atoms. The average Bonchev–Trinajstić information content (AvgIpc) is 2.80. The topological polar surface area (TPSA) is 58.9 Å². The second-order valence-corrected chi connectivity index (χ2v) is 9.20. The van der Waals surface area contributed by atoms with E-state index in [1.165, 1.54) is 4.90 Å². The summed E-state index contributed by atoms with van der Waals surface area (Å²) in [5, 5.41) is 22.8. The van der Waals surface area contributed by atoms with Gasteiger partial charge in [0.2, 0.25) is 0 Å². The lowest BCUT2D eigenvalue weighted by atomic mass is 9.87. The molecular formula is C25H27ClO4S. The molecule has 1 fully saturated rings. The average molecular weight is 459 g/mol. The summed E-state index contributed by atoms with van der Waals surface area (Å²) in [5.74, 6) is -1.16. The summed E-state index contributed by atoms with van der Waals surface area (Å²) in [6.45, 7) is -0.178. The minimum Gasteiger partial charge on any atom is -0.394 e. The van der Waals surface area contributed by atoms with Crippen LogP contribution in [0.5, 0.6) is 0 Å². The number of ether oxygens (including phenoxy) is 2. The number of fused-ring (bicyclic) bond motifs is 1. The van der Waals surface area contributed by atoms with Crippen LogP contribution in [0.2, 0.25) is 5.02 Å². The number of methoxy groups -OCH3 is 1. The monoisotopic (exact) mass is 458 g/mol. The summed E-state index contributed by atoms with van der Waals surface area (Å²) in [5.41, 5.74) is 2.95. The Morgan fingerprint density at radius 3 is 2.52 bits per heavy atom. The van der Waals surface area contributed by atoms with Gasteiger partial charge in [-0.1, -0.05) is 48.0 Å². The Bertz CT molecular complexity index is 1060. The molecule has 0 amide bonds. The van der Waals surface area contributed by atoms with E-state index in [2.05, 4.69) is 30.5 Å². The number of hydrogen-bond acceptors (Lipinski definition) is 5. The first-order valence-electron chi connectivity index (χ1n) is 10.3. The van der Waals surface area contributed by atoms with Gasteiger partial charge < -0.3 is 19.7 Å². The molecule has 0 saturated carbocycles. The van der Waals surface area contributed by atoms with E-state index in [9.17, 15) is 10.2 Å². The highest BCUT2D eigenvalue weighted by atomic mass is 35.5. The quantitative estimate of drug-likeness (QED) is 0.501. The van der Waals surface area contributed by atoms with E-state index >= 15 is 0 Å². The van der Waals surface area contributed by atoms with E-state index in [1.54, 1.807) is 18.9 Å². The van der Waals surface area contributed by atoms with Crippen LogP contribution < -0.4 is 0 Å². The van der Waals surface area contributed by atoms with Crippen LogP contribution in [0, 0.1) is 0 Å². The van der Waals surface area contributed by atoms with Crippen molar-refractivity contribution in [2.24, 2.45) is 0 Å². The minimum absolute atomic E-state index is 0.178. The lowest BCUT2D eigenvalue weighted by Gasteiger charge is -2.42. The lowest BCUT2D eigenvalue weighted by molar-refractivity contribution is -0.298. The zero-order chi connectivity index (χ0) is 22.0. The van der Waals surface area contributed by atoms with Gasteiger partial charge in [-0.2, -0.15) is 0 Å². The molecule has 1 heterocycles. The minimum atomic E-state index is -1.16. The van der Waals surface area contributed by atoms with Gasteiger partial charge in [-0.15, -0.1) is 11.8 Å². The van der Waals surface area contributed by atoms with Crippen molar-refractivity contribution >= 4 is 34.1 Å². The van der Waals surface area contributed by atoms with Crippen LogP contribution in [0.3, 0.4) is 0 Å². The van der Waals surface area contributed by atoms with E-state index in [0.717, 1.165) is 27.5 Å².